The van der Waals surface area contributed by atoms with Gasteiger partial charge in [0.25, 0.3) is 5.92 Å². The van der Waals surface area contributed by atoms with E-state index in [-0.39, 0.29) is 12.5 Å². The lowest BCUT2D eigenvalue weighted by atomic mass is 9.92. The average Bonchev–Trinajstić information content (AvgIpc) is 3.31. The molecule has 4 nitrogen and oxygen atoms in total. The van der Waals surface area contributed by atoms with Gasteiger partial charge in [0.2, 0.25) is 5.91 Å². The molecule has 0 spiro atoms. The molecule has 2 aromatic carbocycles. The van der Waals surface area contributed by atoms with Crippen LogP contribution in [0.25, 0.3) is 11.1 Å². The van der Waals surface area contributed by atoms with Crippen molar-refractivity contribution in [1.82, 2.24) is 9.80 Å². The number of hydrogen-bond acceptors (Lipinski definition) is 3. The van der Waals surface area contributed by atoms with E-state index in [9.17, 15) is 13.6 Å². The molecule has 2 aromatic rings. The van der Waals surface area contributed by atoms with Crippen LogP contribution >= 0.6 is 0 Å². The highest BCUT2D eigenvalue weighted by molar-refractivity contribution is 5.79. The lowest BCUT2D eigenvalue weighted by molar-refractivity contribution is -0.133. The van der Waals surface area contributed by atoms with Gasteiger partial charge in [-0.3, -0.25) is 9.69 Å². The Morgan fingerprint density at radius 1 is 1.13 bits per heavy atom. The highest BCUT2D eigenvalue weighted by Crippen LogP contribution is 2.32. The third kappa shape index (κ3) is 4.52. The van der Waals surface area contributed by atoms with Gasteiger partial charge in [-0.2, -0.15) is 5.26 Å². The number of nitriles is 1. The van der Waals surface area contributed by atoms with E-state index in [1.165, 1.54) is 16.7 Å². The normalized spacial score (nSPS) is 23.4. The monoisotopic (exact) mass is 409 g/mol. The quantitative estimate of drug-likeness (QED) is 0.751. The zero-order valence-corrected chi connectivity index (χ0v) is 16.8. The third-order valence-corrected chi connectivity index (χ3v) is 6.08. The van der Waals surface area contributed by atoms with Gasteiger partial charge in [0.1, 0.15) is 6.04 Å². The van der Waals surface area contributed by atoms with Gasteiger partial charge in [-0.05, 0) is 42.0 Å². The van der Waals surface area contributed by atoms with E-state index in [2.05, 4.69) is 24.3 Å². The number of likely N-dealkylation sites (tertiary alicyclic amines) is 2. The van der Waals surface area contributed by atoms with Crippen molar-refractivity contribution in [2.45, 2.75) is 31.2 Å². The van der Waals surface area contributed by atoms with Crippen molar-refractivity contribution in [2.24, 2.45) is 5.92 Å². The van der Waals surface area contributed by atoms with Crippen LogP contribution in [0.5, 0.6) is 0 Å². The SMILES string of the molecule is N#C[C@@H]1CC(F)(F)CN1C(=O)CN1CC[C@H](Cc2ccccc2-c2ccccc2)C1. The van der Waals surface area contributed by atoms with Gasteiger partial charge in [0.05, 0.1) is 19.2 Å². The van der Waals surface area contributed by atoms with Crippen LogP contribution in [0.3, 0.4) is 0 Å². The maximum Gasteiger partial charge on any atom is 0.268 e. The van der Waals surface area contributed by atoms with Gasteiger partial charge in [-0.15, -0.1) is 0 Å². The Bertz CT molecular complexity index is 941. The summed E-state index contributed by atoms with van der Waals surface area (Å²) in [6.07, 6.45) is 1.32. The molecule has 2 fully saturated rings. The molecular weight excluding hydrogens is 384 g/mol. The summed E-state index contributed by atoms with van der Waals surface area (Å²) in [5.74, 6) is -2.93. The Labute approximate surface area is 175 Å². The molecule has 0 saturated carbocycles. The molecule has 0 N–H and O–H groups in total. The first kappa shape index (κ1) is 20.5. The third-order valence-electron chi connectivity index (χ3n) is 6.08. The summed E-state index contributed by atoms with van der Waals surface area (Å²) in [6, 6.07) is 19.5. The van der Waals surface area contributed by atoms with Gasteiger partial charge >= 0.3 is 0 Å². The van der Waals surface area contributed by atoms with E-state index >= 15 is 0 Å². The van der Waals surface area contributed by atoms with E-state index in [1.807, 2.05) is 41.3 Å². The largest absolute Gasteiger partial charge is 0.319 e. The molecule has 2 aliphatic rings. The Hall–Kier alpha value is -2.78. The molecule has 2 heterocycles. The molecule has 2 aliphatic heterocycles. The highest BCUT2D eigenvalue weighted by atomic mass is 19.3. The van der Waals surface area contributed by atoms with Crippen LogP contribution in [0.2, 0.25) is 0 Å². The topological polar surface area (TPSA) is 47.3 Å². The Kier molecular flexibility index (Phi) is 5.83. The zero-order chi connectivity index (χ0) is 21.1. The summed E-state index contributed by atoms with van der Waals surface area (Å²) in [4.78, 5) is 15.6. The average molecular weight is 409 g/mol. The van der Waals surface area contributed by atoms with Crippen molar-refractivity contribution in [3.05, 3.63) is 60.2 Å². The predicted octanol–water partition coefficient (Wildman–Crippen LogP) is 3.98. The Morgan fingerprint density at radius 3 is 2.63 bits per heavy atom. The van der Waals surface area contributed by atoms with Crippen LogP contribution in [0.15, 0.2) is 54.6 Å². The molecule has 30 heavy (non-hydrogen) atoms. The molecule has 0 bridgehead atoms. The van der Waals surface area contributed by atoms with Crippen LogP contribution in [-0.4, -0.2) is 53.9 Å². The van der Waals surface area contributed by atoms with Crippen LogP contribution in [0.1, 0.15) is 18.4 Å². The fraction of sp³-hybridized carbons (Fsp3) is 0.417. The fourth-order valence-corrected chi connectivity index (χ4v) is 4.61. The van der Waals surface area contributed by atoms with Crippen LogP contribution < -0.4 is 0 Å². The lowest BCUT2D eigenvalue weighted by Gasteiger charge is -2.23. The van der Waals surface area contributed by atoms with Crippen molar-refractivity contribution in [3.8, 4) is 17.2 Å². The fourth-order valence-electron chi connectivity index (χ4n) is 4.61. The molecule has 2 atom stereocenters. The van der Waals surface area contributed by atoms with Crippen LogP contribution in [0, 0.1) is 17.2 Å². The van der Waals surface area contributed by atoms with Gasteiger partial charge in [0.15, 0.2) is 0 Å². The van der Waals surface area contributed by atoms with E-state index in [0.717, 1.165) is 30.8 Å². The van der Waals surface area contributed by atoms with E-state index in [0.29, 0.717) is 5.92 Å². The maximum atomic E-state index is 13.6. The highest BCUT2D eigenvalue weighted by Gasteiger charge is 2.47. The number of nitrogens with zero attached hydrogens (tertiary/aromatic N) is 3. The second-order valence-corrected chi connectivity index (χ2v) is 8.34. The van der Waals surface area contributed by atoms with Crippen LogP contribution in [0.4, 0.5) is 8.78 Å². The summed E-state index contributed by atoms with van der Waals surface area (Å²) in [6.45, 7) is 0.985. The molecule has 4 rings (SSSR count). The van der Waals surface area contributed by atoms with E-state index in [1.54, 1.807) is 0 Å². The minimum Gasteiger partial charge on any atom is -0.319 e. The lowest BCUT2D eigenvalue weighted by Crippen LogP contribution is -2.42. The Balaban J connectivity index is 1.37. The van der Waals surface area contributed by atoms with Crippen LogP contribution in [-0.2, 0) is 11.2 Å². The van der Waals surface area contributed by atoms with Crippen molar-refractivity contribution in [1.29, 1.82) is 5.26 Å². The van der Waals surface area contributed by atoms with Crippen molar-refractivity contribution >= 4 is 5.91 Å². The second-order valence-electron chi connectivity index (χ2n) is 8.34. The first-order valence-electron chi connectivity index (χ1n) is 10.4. The number of benzene rings is 2. The standard InChI is InChI=1S/C24H25F2N3O/c25-24(26)13-21(14-27)29(17-24)23(30)16-28-11-10-18(15-28)12-20-8-4-5-9-22(20)19-6-2-1-3-7-19/h1-9,18,21H,10-13,15-17H2/t18-,21+/m1/s1. The summed E-state index contributed by atoms with van der Waals surface area (Å²) in [5, 5.41) is 9.11. The first-order valence-corrected chi connectivity index (χ1v) is 10.4. The number of alkyl halides is 2. The number of hydrogen-bond donors (Lipinski definition) is 0. The van der Waals surface area contributed by atoms with Gasteiger partial charge in [-0.1, -0.05) is 54.6 Å². The van der Waals surface area contributed by atoms with E-state index in [4.69, 9.17) is 5.26 Å². The zero-order valence-electron chi connectivity index (χ0n) is 16.8. The number of halogens is 2. The number of rotatable bonds is 5. The molecule has 6 heteroatoms. The molecule has 156 valence electrons. The van der Waals surface area contributed by atoms with Crippen molar-refractivity contribution < 1.29 is 13.6 Å². The van der Waals surface area contributed by atoms with Gasteiger partial charge in [-0.25, -0.2) is 8.78 Å². The molecule has 2 saturated heterocycles. The minimum atomic E-state index is -2.97. The van der Waals surface area contributed by atoms with Crippen molar-refractivity contribution in [3.63, 3.8) is 0 Å². The minimum absolute atomic E-state index is 0.102. The molecule has 0 radical (unpaired) electrons. The Morgan fingerprint density at radius 2 is 1.87 bits per heavy atom. The first-order chi connectivity index (χ1) is 14.4. The smallest absolute Gasteiger partial charge is 0.268 e. The molecule has 0 aliphatic carbocycles. The van der Waals surface area contributed by atoms with Gasteiger partial charge < -0.3 is 4.90 Å². The summed E-state index contributed by atoms with van der Waals surface area (Å²) >= 11 is 0. The molecule has 0 unspecified atom stereocenters. The predicted molar refractivity (Wildman–Crippen MR) is 111 cm³/mol. The molecule has 0 aromatic heterocycles. The van der Waals surface area contributed by atoms with Crippen molar-refractivity contribution in [2.75, 3.05) is 26.2 Å². The molecule has 1 amide bonds. The summed E-state index contributed by atoms with van der Waals surface area (Å²) < 4.78 is 27.3. The number of carbonyl (C=O) groups excluding carboxylic acids is 1. The molecular formula is C24H25F2N3O. The van der Waals surface area contributed by atoms with Gasteiger partial charge in [0, 0.05) is 13.0 Å². The number of amides is 1. The van der Waals surface area contributed by atoms with E-state index < -0.39 is 24.9 Å². The number of carbonyl (C=O) groups is 1. The maximum absolute atomic E-state index is 13.6. The summed E-state index contributed by atoms with van der Waals surface area (Å²) in [7, 11) is 0. The second kappa shape index (κ2) is 8.53. The summed E-state index contributed by atoms with van der Waals surface area (Å²) in [5.41, 5.74) is 3.70.